The molecule has 0 saturated heterocycles. The number of H-pyrrole nitrogens is 1. The highest BCUT2D eigenvalue weighted by atomic mass is 15.3. The smallest absolute Gasteiger partial charge is 0.0732 e. The average Bonchev–Trinajstić information content (AvgIpc) is 2.93. The van der Waals surface area contributed by atoms with Crippen molar-refractivity contribution in [2.24, 2.45) is 12.8 Å². The Labute approximate surface area is 112 Å². The third kappa shape index (κ3) is 1.85. The quantitative estimate of drug-likeness (QED) is 0.754. The number of nitrogens with one attached hydrogen (secondary N) is 1. The van der Waals surface area contributed by atoms with E-state index in [0.29, 0.717) is 6.54 Å². The lowest BCUT2D eigenvalue weighted by Gasteiger charge is -2.02. The van der Waals surface area contributed by atoms with Gasteiger partial charge in [0, 0.05) is 36.1 Å². The van der Waals surface area contributed by atoms with E-state index in [0.717, 1.165) is 17.6 Å². The van der Waals surface area contributed by atoms with Crippen LogP contribution in [0.15, 0.2) is 30.5 Å². The van der Waals surface area contributed by atoms with Crippen LogP contribution in [0.2, 0.25) is 0 Å². The Kier molecular flexibility index (Phi) is 2.87. The first-order valence-electron chi connectivity index (χ1n) is 6.51. The van der Waals surface area contributed by atoms with Crippen LogP contribution in [-0.4, -0.2) is 21.3 Å². The third-order valence-corrected chi connectivity index (χ3v) is 3.61. The van der Waals surface area contributed by atoms with E-state index in [9.17, 15) is 0 Å². The molecule has 0 bridgehead atoms. The van der Waals surface area contributed by atoms with Gasteiger partial charge in [-0.15, -0.1) is 0 Å². The Bertz CT molecular complexity index is 721. The fraction of sp³-hybridized carbons (Fsp3) is 0.267. The van der Waals surface area contributed by atoms with Gasteiger partial charge in [-0.25, -0.2) is 0 Å². The molecular formula is C15H18N4. The summed E-state index contributed by atoms with van der Waals surface area (Å²) in [7, 11) is 1.99. The molecule has 0 saturated carbocycles. The zero-order chi connectivity index (χ0) is 13.4. The first-order chi connectivity index (χ1) is 9.22. The Morgan fingerprint density at radius 3 is 2.89 bits per heavy atom. The van der Waals surface area contributed by atoms with Crippen LogP contribution in [0.1, 0.15) is 11.3 Å². The van der Waals surface area contributed by atoms with E-state index in [2.05, 4.69) is 41.4 Å². The number of benzene rings is 1. The van der Waals surface area contributed by atoms with E-state index in [1.54, 1.807) is 0 Å². The van der Waals surface area contributed by atoms with E-state index in [1.807, 2.05) is 17.8 Å². The maximum absolute atomic E-state index is 5.64. The van der Waals surface area contributed by atoms with Gasteiger partial charge in [0.15, 0.2) is 0 Å². The summed E-state index contributed by atoms with van der Waals surface area (Å²) in [5.74, 6) is 0. The van der Waals surface area contributed by atoms with Gasteiger partial charge in [-0.3, -0.25) is 4.68 Å². The van der Waals surface area contributed by atoms with Gasteiger partial charge in [0.1, 0.15) is 0 Å². The number of aromatic amines is 1. The number of aryl methyl sites for hydroxylation is 1. The molecular weight excluding hydrogens is 236 g/mol. The molecule has 0 atom stereocenters. The average molecular weight is 254 g/mol. The van der Waals surface area contributed by atoms with Gasteiger partial charge in [0.2, 0.25) is 0 Å². The van der Waals surface area contributed by atoms with E-state index >= 15 is 0 Å². The molecule has 19 heavy (non-hydrogen) atoms. The predicted octanol–water partition coefficient (Wildman–Crippen LogP) is 2.38. The number of rotatable bonds is 3. The van der Waals surface area contributed by atoms with Gasteiger partial charge in [0.05, 0.1) is 11.4 Å². The first-order valence-corrected chi connectivity index (χ1v) is 6.51. The zero-order valence-electron chi connectivity index (χ0n) is 11.3. The summed E-state index contributed by atoms with van der Waals surface area (Å²) < 4.78 is 1.95. The Balaban J connectivity index is 2.21. The molecule has 0 aliphatic rings. The summed E-state index contributed by atoms with van der Waals surface area (Å²) in [6, 6.07) is 8.33. The summed E-state index contributed by atoms with van der Waals surface area (Å²) in [4.78, 5) is 3.32. The van der Waals surface area contributed by atoms with Crippen LogP contribution in [0.25, 0.3) is 22.2 Å². The summed E-state index contributed by atoms with van der Waals surface area (Å²) >= 11 is 0. The topological polar surface area (TPSA) is 59.6 Å². The highest BCUT2D eigenvalue weighted by Crippen LogP contribution is 2.31. The Morgan fingerprint density at radius 2 is 2.11 bits per heavy atom. The molecule has 0 aliphatic carbocycles. The molecule has 0 fully saturated rings. The molecule has 4 nitrogen and oxygen atoms in total. The number of nitrogens with zero attached hydrogens (tertiary/aromatic N) is 2. The lowest BCUT2D eigenvalue weighted by Crippen LogP contribution is -2.04. The van der Waals surface area contributed by atoms with Crippen LogP contribution in [0.5, 0.6) is 0 Å². The zero-order valence-corrected chi connectivity index (χ0v) is 11.3. The minimum atomic E-state index is 0.630. The van der Waals surface area contributed by atoms with Crippen molar-refractivity contribution in [3.63, 3.8) is 0 Å². The second-order valence-corrected chi connectivity index (χ2v) is 4.83. The van der Waals surface area contributed by atoms with Gasteiger partial charge in [-0.1, -0.05) is 18.2 Å². The number of para-hydroxylation sites is 1. The number of aromatic nitrogens is 3. The fourth-order valence-corrected chi connectivity index (χ4v) is 2.70. The molecule has 0 unspecified atom stereocenters. The second kappa shape index (κ2) is 4.55. The maximum Gasteiger partial charge on any atom is 0.0732 e. The van der Waals surface area contributed by atoms with E-state index in [1.165, 1.54) is 22.2 Å². The molecule has 4 heteroatoms. The van der Waals surface area contributed by atoms with Crippen LogP contribution in [-0.2, 0) is 13.5 Å². The van der Waals surface area contributed by atoms with Crippen molar-refractivity contribution in [3.05, 3.63) is 41.7 Å². The highest BCUT2D eigenvalue weighted by molar-refractivity contribution is 5.95. The monoisotopic (exact) mass is 254 g/mol. The fourth-order valence-electron chi connectivity index (χ4n) is 2.70. The van der Waals surface area contributed by atoms with Crippen molar-refractivity contribution >= 4 is 10.9 Å². The summed E-state index contributed by atoms with van der Waals surface area (Å²) in [5, 5.41) is 5.82. The van der Waals surface area contributed by atoms with Crippen LogP contribution < -0.4 is 5.73 Å². The van der Waals surface area contributed by atoms with Gasteiger partial charge < -0.3 is 10.7 Å². The van der Waals surface area contributed by atoms with E-state index < -0.39 is 0 Å². The lowest BCUT2D eigenvalue weighted by atomic mass is 10.0. The minimum Gasteiger partial charge on any atom is -0.360 e. The number of hydrogen-bond acceptors (Lipinski definition) is 2. The Morgan fingerprint density at radius 1 is 1.32 bits per heavy atom. The molecule has 2 heterocycles. The highest BCUT2D eigenvalue weighted by Gasteiger charge is 2.16. The van der Waals surface area contributed by atoms with E-state index in [-0.39, 0.29) is 0 Å². The van der Waals surface area contributed by atoms with Crippen molar-refractivity contribution in [3.8, 4) is 11.3 Å². The number of hydrogen-bond donors (Lipinski definition) is 2. The van der Waals surface area contributed by atoms with Crippen molar-refractivity contribution in [1.29, 1.82) is 0 Å². The summed E-state index contributed by atoms with van der Waals surface area (Å²) in [6.45, 7) is 2.75. The van der Waals surface area contributed by atoms with Crippen LogP contribution >= 0.6 is 0 Å². The third-order valence-electron chi connectivity index (χ3n) is 3.61. The molecule has 2 aromatic heterocycles. The predicted molar refractivity (Wildman–Crippen MR) is 78.0 cm³/mol. The summed E-state index contributed by atoms with van der Waals surface area (Å²) in [6.07, 6.45) is 2.88. The normalized spacial score (nSPS) is 11.3. The van der Waals surface area contributed by atoms with Crippen LogP contribution in [0, 0.1) is 6.92 Å². The van der Waals surface area contributed by atoms with Crippen LogP contribution in [0.3, 0.4) is 0 Å². The van der Waals surface area contributed by atoms with E-state index in [4.69, 9.17) is 5.73 Å². The molecule has 3 rings (SSSR count). The van der Waals surface area contributed by atoms with Crippen molar-refractivity contribution in [1.82, 2.24) is 14.8 Å². The van der Waals surface area contributed by atoms with Gasteiger partial charge in [-0.2, -0.15) is 5.10 Å². The second-order valence-electron chi connectivity index (χ2n) is 4.83. The molecule has 0 spiro atoms. The van der Waals surface area contributed by atoms with Gasteiger partial charge >= 0.3 is 0 Å². The Hall–Kier alpha value is -2.07. The minimum absolute atomic E-state index is 0.630. The van der Waals surface area contributed by atoms with Crippen molar-refractivity contribution in [2.45, 2.75) is 13.3 Å². The molecule has 3 aromatic rings. The molecule has 3 N–H and O–H groups in total. The van der Waals surface area contributed by atoms with Crippen LogP contribution in [0.4, 0.5) is 0 Å². The maximum atomic E-state index is 5.64. The number of nitrogens with two attached hydrogens (primary N) is 1. The SMILES string of the molecule is Cc1c(CCN)nn(C)c1-c1c[nH]c2ccccc12. The van der Waals surface area contributed by atoms with Crippen molar-refractivity contribution in [2.75, 3.05) is 6.54 Å². The standard InChI is InChI=1S/C15H18N4/c1-10-13(7-8-16)18-19(2)15(10)12-9-17-14-6-4-3-5-11(12)14/h3-6,9,17H,7-8,16H2,1-2H3. The molecule has 0 aliphatic heterocycles. The van der Waals surface area contributed by atoms with Gasteiger partial charge in [0.25, 0.3) is 0 Å². The molecule has 98 valence electrons. The lowest BCUT2D eigenvalue weighted by molar-refractivity contribution is 0.745. The number of fused-ring (bicyclic) bond motifs is 1. The van der Waals surface area contributed by atoms with Gasteiger partial charge in [-0.05, 0) is 25.1 Å². The molecule has 0 amide bonds. The largest absolute Gasteiger partial charge is 0.360 e. The molecule has 0 radical (unpaired) electrons. The summed E-state index contributed by atoms with van der Waals surface area (Å²) in [5.41, 5.74) is 11.5. The molecule has 1 aromatic carbocycles. The van der Waals surface area contributed by atoms with Crippen molar-refractivity contribution < 1.29 is 0 Å². The first kappa shape index (κ1) is 12.0.